The summed E-state index contributed by atoms with van der Waals surface area (Å²) in [6.07, 6.45) is 5.61. The molecular formula is C27H33N7O2S. The molecule has 3 aromatic heterocycles. The van der Waals surface area contributed by atoms with Crippen LogP contribution in [0.5, 0.6) is 0 Å². The third-order valence-electron chi connectivity index (χ3n) is 6.83. The summed E-state index contributed by atoms with van der Waals surface area (Å²) in [4.78, 5) is 15.5. The van der Waals surface area contributed by atoms with E-state index >= 15 is 0 Å². The third kappa shape index (κ3) is 5.02. The van der Waals surface area contributed by atoms with Gasteiger partial charge in [0.15, 0.2) is 5.82 Å². The quantitative estimate of drug-likeness (QED) is 0.377. The lowest BCUT2D eigenvalue weighted by Gasteiger charge is -2.48. The molecule has 0 radical (unpaired) electrons. The lowest BCUT2D eigenvalue weighted by molar-refractivity contribution is 0.342. The van der Waals surface area contributed by atoms with E-state index in [4.69, 9.17) is 8.22 Å². The van der Waals surface area contributed by atoms with E-state index < -0.39 is 29.4 Å². The maximum absolute atomic E-state index is 11.8. The molecule has 2 atom stereocenters. The summed E-state index contributed by atoms with van der Waals surface area (Å²) in [5, 5.41) is 8.91. The number of hydrogen-bond donors (Lipinski definition) is 1. The van der Waals surface area contributed by atoms with E-state index in [-0.39, 0.29) is 35.0 Å². The van der Waals surface area contributed by atoms with Gasteiger partial charge in [-0.25, -0.2) is 23.4 Å². The van der Waals surface area contributed by atoms with Crippen LogP contribution in [-0.4, -0.2) is 57.7 Å². The fourth-order valence-electron chi connectivity index (χ4n) is 4.88. The number of anilines is 3. The zero-order chi connectivity index (χ0) is 31.5. The second kappa shape index (κ2) is 9.41. The van der Waals surface area contributed by atoms with Crippen molar-refractivity contribution in [2.75, 3.05) is 28.8 Å². The van der Waals surface area contributed by atoms with Gasteiger partial charge in [-0.3, -0.25) is 4.68 Å². The van der Waals surface area contributed by atoms with E-state index in [2.05, 4.69) is 56.2 Å². The smallest absolute Gasteiger partial charge is 0.164 e. The van der Waals surface area contributed by atoms with Crippen LogP contribution in [0.15, 0.2) is 42.9 Å². The zero-order valence-corrected chi connectivity index (χ0v) is 21.9. The highest BCUT2D eigenvalue weighted by Crippen LogP contribution is 2.39. The van der Waals surface area contributed by atoms with Crippen LogP contribution in [-0.2, 0) is 16.8 Å². The van der Waals surface area contributed by atoms with Crippen LogP contribution in [0, 0.1) is 12.8 Å². The highest BCUT2D eigenvalue weighted by Gasteiger charge is 2.38. The summed E-state index contributed by atoms with van der Waals surface area (Å²) in [7, 11) is -3.07. The first-order chi connectivity index (χ1) is 19.9. The molecule has 4 aromatic rings. The Kier molecular flexibility index (Phi) is 4.75. The van der Waals surface area contributed by atoms with E-state index in [1.807, 2.05) is 13.0 Å². The van der Waals surface area contributed by atoms with E-state index in [9.17, 15) is 8.42 Å². The van der Waals surface area contributed by atoms with Crippen LogP contribution in [0.25, 0.3) is 22.2 Å². The van der Waals surface area contributed by atoms with Gasteiger partial charge < -0.3 is 10.2 Å². The number of aromatic nitrogens is 5. The normalized spacial score (nSPS) is 20.9. The predicted octanol–water partition coefficient (Wildman–Crippen LogP) is 4.47. The van der Waals surface area contributed by atoms with Gasteiger partial charge in [-0.2, -0.15) is 5.10 Å². The number of nitrogens with zero attached hydrogens (tertiary/aromatic N) is 6. The molecule has 0 unspecified atom stereocenters. The number of sulfone groups is 1. The summed E-state index contributed by atoms with van der Waals surface area (Å²) >= 11 is 0. The Morgan fingerprint density at radius 1 is 1.19 bits per heavy atom. The van der Waals surface area contributed by atoms with Gasteiger partial charge in [0.25, 0.3) is 0 Å². The summed E-state index contributed by atoms with van der Waals surface area (Å²) in [6.45, 7) is 1.55. The fraction of sp³-hybridized carbons (Fsp3) is 0.407. The minimum Gasteiger partial charge on any atom is -0.368 e. The van der Waals surface area contributed by atoms with Gasteiger partial charge in [-0.05, 0) is 48.8 Å². The number of pyridine rings is 1. The second-order valence-electron chi connectivity index (χ2n) is 9.92. The Balaban J connectivity index is 1.48. The van der Waals surface area contributed by atoms with Gasteiger partial charge in [-0.15, -0.1) is 0 Å². The molecule has 0 bridgehead atoms. The van der Waals surface area contributed by atoms with Crippen LogP contribution in [0.3, 0.4) is 0 Å². The first-order valence-electron chi connectivity index (χ1n) is 15.0. The van der Waals surface area contributed by atoms with Crippen molar-refractivity contribution in [2.24, 2.45) is 12.9 Å². The number of rotatable bonds is 7. The molecule has 5 rings (SSSR count). The number of fused-ring (bicyclic) bond motifs is 1. The molecule has 10 heteroatoms. The zero-order valence-electron chi connectivity index (χ0n) is 27.1. The van der Waals surface area contributed by atoms with E-state index in [0.29, 0.717) is 22.9 Å². The van der Waals surface area contributed by atoms with Crippen molar-refractivity contribution < 1.29 is 16.6 Å². The minimum absolute atomic E-state index is 0.00386. The van der Waals surface area contributed by atoms with Crippen LogP contribution < -0.4 is 10.2 Å². The second-order valence-corrected chi connectivity index (χ2v) is 12.1. The molecule has 0 amide bonds. The van der Waals surface area contributed by atoms with Crippen LogP contribution in [0.1, 0.15) is 46.2 Å². The molecule has 37 heavy (non-hydrogen) atoms. The monoisotopic (exact) mass is 525 g/mol. The molecule has 1 aliphatic heterocycles. The Labute approximate surface area is 226 Å². The van der Waals surface area contributed by atoms with Crippen molar-refractivity contribution in [3.63, 3.8) is 0 Å². The van der Waals surface area contributed by atoms with Gasteiger partial charge in [0.1, 0.15) is 21.5 Å². The molecule has 1 fully saturated rings. The number of nitrogens with one attached hydrogen (secondary N) is 1. The molecule has 1 saturated heterocycles. The minimum atomic E-state index is -3.07. The largest absolute Gasteiger partial charge is 0.368 e. The van der Waals surface area contributed by atoms with E-state index in [1.54, 1.807) is 12.3 Å². The molecule has 194 valence electrons. The molecule has 1 aliphatic rings. The van der Waals surface area contributed by atoms with Crippen molar-refractivity contribution in [1.82, 2.24) is 24.7 Å². The van der Waals surface area contributed by atoms with Crippen molar-refractivity contribution in [1.29, 1.82) is 0 Å². The lowest BCUT2D eigenvalue weighted by Crippen LogP contribution is -2.57. The van der Waals surface area contributed by atoms with E-state index in [1.165, 1.54) is 12.5 Å². The molecule has 0 saturated carbocycles. The van der Waals surface area contributed by atoms with Crippen LogP contribution in [0.2, 0.25) is 0 Å². The standard InChI is InChI=1S/C27H33N7O2S/c1-16(2)20-7-8-24(34-13-19(18(34)4)15-37(6,35)36)22-12-29-26(11-21(20)22)30-25-9-10-28-27(31-25)23-14-33(5)32-17(23)3/h7-12,14,16,18-19H,13,15H2,1-6H3,(H,28,29,30,31)/t18-,19-/m1/s1/i3D3,5D3. The first kappa shape index (κ1) is 18.7. The van der Waals surface area contributed by atoms with Gasteiger partial charge in [0, 0.05) is 69.6 Å². The van der Waals surface area contributed by atoms with Crippen LogP contribution >= 0.6 is 0 Å². The number of hydrogen-bond acceptors (Lipinski definition) is 8. The molecule has 0 spiro atoms. The summed E-state index contributed by atoms with van der Waals surface area (Å²) in [6, 6.07) is 7.74. The van der Waals surface area contributed by atoms with Crippen LogP contribution in [0.4, 0.5) is 17.3 Å². The average molecular weight is 526 g/mol. The van der Waals surface area contributed by atoms with Gasteiger partial charge in [0.2, 0.25) is 0 Å². The van der Waals surface area contributed by atoms with Gasteiger partial charge in [0.05, 0.1) is 17.0 Å². The topological polar surface area (TPSA) is 106 Å². The molecule has 1 aromatic carbocycles. The summed E-state index contributed by atoms with van der Waals surface area (Å²) < 4.78 is 70.7. The van der Waals surface area contributed by atoms with Crippen molar-refractivity contribution >= 4 is 37.9 Å². The van der Waals surface area contributed by atoms with Gasteiger partial charge >= 0.3 is 0 Å². The molecule has 9 nitrogen and oxygen atoms in total. The highest BCUT2D eigenvalue weighted by molar-refractivity contribution is 7.90. The molecular weight excluding hydrogens is 486 g/mol. The SMILES string of the molecule is [2H]C([2H])([2H])c1nn(C([2H])([2H])[2H])cc1-c1nccc(Nc2cc3c(C(C)C)ccc(N4C[C@H](CS(C)(=O)=O)[C@H]4C)c3cn2)n1. The molecule has 0 aliphatic carbocycles. The molecule has 1 N–H and O–H groups in total. The van der Waals surface area contributed by atoms with Crippen molar-refractivity contribution in [3.05, 3.63) is 54.1 Å². The maximum Gasteiger partial charge on any atom is 0.164 e. The summed E-state index contributed by atoms with van der Waals surface area (Å²) in [5.41, 5.74) is 1.70. The van der Waals surface area contributed by atoms with Crippen molar-refractivity contribution in [3.8, 4) is 11.4 Å². The first-order valence-corrected chi connectivity index (χ1v) is 14.1. The Bertz CT molecular complexity index is 1790. The Hall–Kier alpha value is -3.53. The van der Waals surface area contributed by atoms with Gasteiger partial charge in [-0.1, -0.05) is 19.9 Å². The Morgan fingerprint density at radius 2 is 2.03 bits per heavy atom. The van der Waals surface area contributed by atoms with E-state index in [0.717, 1.165) is 28.2 Å². The fourth-order valence-corrected chi connectivity index (χ4v) is 6.04. The predicted molar refractivity (Wildman–Crippen MR) is 148 cm³/mol. The maximum atomic E-state index is 11.8. The summed E-state index contributed by atoms with van der Waals surface area (Å²) in [5.74, 6) is 1.28. The average Bonchev–Trinajstić information content (AvgIpc) is 3.37. The number of aryl methyl sites for hydroxylation is 2. The highest BCUT2D eigenvalue weighted by atomic mass is 32.2. The number of benzene rings is 1. The van der Waals surface area contributed by atoms with Crippen molar-refractivity contribution in [2.45, 2.75) is 39.6 Å². The third-order valence-corrected chi connectivity index (χ3v) is 7.87. The Morgan fingerprint density at radius 3 is 2.73 bits per heavy atom. The lowest BCUT2D eigenvalue weighted by atomic mass is 9.88. The molecule has 4 heterocycles.